The summed E-state index contributed by atoms with van der Waals surface area (Å²) < 4.78 is 0. The molecule has 0 aromatic carbocycles. The second kappa shape index (κ2) is 2.10. The molecule has 0 saturated heterocycles. The van der Waals surface area contributed by atoms with Crippen molar-refractivity contribution in [1.82, 2.24) is 0 Å². The highest BCUT2D eigenvalue weighted by atomic mass is 28.3. The van der Waals surface area contributed by atoms with Crippen LogP contribution in [-0.2, 0) is 0 Å². The van der Waals surface area contributed by atoms with Crippen molar-refractivity contribution < 1.29 is 0 Å². The summed E-state index contributed by atoms with van der Waals surface area (Å²) in [5.74, 6) is 0. The Morgan fingerprint density at radius 1 is 1.22 bits per heavy atom. The fraction of sp³-hybridized carbons (Fsp3) is 1.00. The van der Waals surface area contributed by atoms with Crippen LogP contribution in [0.4, 0.5) is 0 Å². The van der Waals surface area contributed by atoms with E-state index in [1.54, 1.807) is 0 Å². The largest absolute Gasteiger partial charge is 0.328 e. The second-order valence-electron chi connectivity index (χ2n) is 4.29. The Morgan fingerprint density at radius 2 is 1.67 bits per heavy atom. The first-order chi connectivity index (χ1) is 4.00. The van der Waals surface area contributed by atoms with Gasteiger partial charge in [0.25, 0.3) is 0 Å². The van der Waals surface area contributed by atoms with Crippen LogP contribution in [0.2, 0.25) is 25.2 Å². The topological polar surface area (TPSA) is 26.0 Å². The van der Waals surface area contributed by atoms with E-state index in [9.17, 15) is 0 Å². The van der Waals surface area contributed by atoms with Gasteiger partial charge >= 0.3 is 0 Å². The van der Waals surface area contributed by atoms with E-state index in [0.717, 1.165) is 5.54 Å². The van der Waals surface area contributed by atoms with Crippen molar-refractivity contribution in [3.63, 3.8) is 0 Å². The summed E-state index contributed by atoms with van der Waals surface area (Å²) in [6.07, 6.45) is 2.60. The second-order valence-corrected chi connectivity index (χ2v) is 9.84. The number of hydrogen-bond acceptors (Lipinski definition) is 1. The first-order valence-electron chi connectivity index (χ1n) is 3.76. The van der Waals surface area contributed by atoms with Gasteiger partial charge in [-0.2, -0.15) is 0 Å². The zero-order chi connectivity index (χ0) is 7.07. The highest BCUT2D eigenvalue weighted by Gasteiger charge is 2.36. The van der Waals surface area contributed by atoms with Gasteiger partial charge in [-0.1, -0.05) is 19.6 Å². The third-order valence-electron chi connectivity index (χ3n) is 2.40. The van der Waals surface area contributed by atoms with E-state index in [4.69, 9.17) is 5.73 Å². The van der Waals surface area contributed by atoms with Crippen molar-refractivity contribution in [2.24, 2.45) is 5.73 Å². The first kappa shape index (κ1) is 7.29. The predicted molar refractivity (Wildman–Crippen MR) is 44.3 cm³/mol. The van der Waals surface area contributed by atoms with Gasteiger partial charge in [0.2, 0.25) is 0 Å². The van der Waals surface area contributed by atoms with Crippen LogP contribution in [0.5, 0.6) is 0 Å². The van der Waals surface area contributed by atoms with E-state index in [1.165, 1.54) is 12.8 Å². The smallest absolute Gasteiger partial charge is 0.0474 e. The monoisotopic (exact) mass is 143 g/mol. The van der Waals surface area contributed by atoms with Crippen LogP contribution in [0, 0.1) is 0 Å². The highest BCUT2D eigenvalue weighted by Crippen LogP contribution is 2.39. The summed E-state index contributed by atoms with van der Waals surface area (Å²) in [5.41, 5.74) is 6.71. The number of hydrogen-bond donors (Lipinski definition) is 1. The predicted octanol–water partition coefficient (Wildman–Crippen LogP) is 1.82. The Labute approximate surface area is 58.6 Å². The zero-order valence-electron chi connectivity index (χ0n) is 6.65. The minimum Gasteiger partial charge on any atom is -0.328 e. The van der Waals surface area contributed by atoms with Crippen LogP contribution in [0.3, 0.4) is 0 Å². The average Bonchev–Trinajstić information content (AvgIpc) is 1.55. The van der Waals surface area contributed by atoms with Crippen molar-refractivity contribution in [2.75, 3.05) is 0 Å². The molecule has 9 heavy (non-hydrogen) atoms. The van der Waals surface area contributed by atoms with Crippen LogP contribution in [0.1, 0.15) is 12.8 Å². The molecule has 0 bridgehead atoms. The third kappa shape index (κ3) is 1.55. The van der Waals surface area contributed by atoms with Gasteiger partial charge in [0.05, 0.1) is 0 Å². The normalized spacial score (nSPS) is 36.0. The molecule has 0 aromatic heterocycles. The van der Waals surface area contributed by atoms with E-state index >= 15 is 0 Å². The summed E-state index contributed by atoms with van der Waals surface area (Å²) in [7, 11) is -0.796. The Balaban J connectivity index is 2.32. The van der Waals surface area contributed by atoms with Gasteiger partial charge in [-0.3, -0.25) is 0 Å². The zero-order valence-corrected chi connectivity index (χ0v) is 7.65. The summed E-state index contributed by atoms with van der Waals surface area (Å²) >= 11 is 0. The van der Waals surface area contributed by atoms with Gasteiger partial charge in [0.15, 0.2) is 0 Å². The lowest BCUT2D eigenvalue weighted by molar-refractivity contribution is 0.406. The minimum absolute atomic E-state index is 0.543. The Morgan fingerprint density at radius 3 is 1.78 bits per heavy atom. The molecule has 0 atom stereocenters. The molecule has 1 nitrogen and oxygen atoms in total. The molecule has 0 spiro atoms. The van der Waals surface area contributed by atoms with E-state index in [2.05, 4.69) is 19.6 Å². The van der Waals surface area contributed by atoms with Crippen LogP contribution in [0.15, 0.2) is 0 Å². The maximum atomic E-state index is 5.69. The molecule has 0 unspecified atom stereocenters. The van der Waals surface area contributed by atoms with E-state index in [0.29, 0.717) is 6.04 Å². The van der Waals surface area contributed by atoms with Crippen LogP contribution in [0.25, 0.3) is 0 Å². The average molecular weight is 143 g/mol. The number of rotatable bonds is 1. The van der Waals surface area contributed by atoms with E-state index in [1.807, 2.05) is 0 Å². The molecular formula is C7H17NSi. The molecule has 0 radical (unpaired) electrons. The number of nitrogens with two attached hydrogens (primary N) is 1. The summed E-state index contributed by atoms with van der Waals surface area (Å²) in [6, 6.07) is 0.543. The van der Waals surface area contributed by atoms with Crippen molar-refractivity contribution >= 4 is 8.07 Å². The quantitative estimate of drug-likeness (QED) is 0.557. The Hall–Kier alpha value is 0.177. The standard InChI is InChI=1S/C7H17NSi/c1-9(2,3)7-4-6(8)5-7/h6-7H,4-5,8H2,1-3H3. The lowest BCUT2D eigenvalue weighted by atomic mass is 9.93. The molecule has 0 aromatic rings. The fourth-order valence-corrected chi connectivity index (χ4v) is 3.39. The van der Waals surface area contributed by atoms with Crippen molar-refractivity contribution in [1.29, 1.82) is 0 Å². The summed E-state index contributed by atoms with van der Waals surface area (Å²) in [4.78, 5) is 0. The Kier molecular flexibility index (Phi) is 1.70. The van der Waals surface area contributed by atoms with Crippen molar-refractivity contribution in [2.45, 2.75) is 44.1 Å². The SMILES string of the molecule is C[Si](C)(C)C1CC(N)C1. The molecule has 2 heteroatoms. The van der Waals surface area contributed by atoms with Gasteiger partial charge in [0.1, 0.15) is 0 Å². The lowest BCUT2D eigenvalue weighted by Crippen LogP contribution is -2.44. The molecular weight excluding hydrogens is 126 g/mol. The molecule has 1 fully saturated rings. The molecule has 0 amide bonds. The highest BCUT2D eigenvalue weighted by molar-refractivity contribution is 6.77. The van der Waals surface area contributed by atoms with Crippen molar-refractivity contribution in [3.05, 3.63) is 0 Å². The van der Waals surface area contributed by atoms with Gasteiger partial charge in [0, 0.05) is 14.1 Å². The van der Waals surface area contributed by atoms with Crippen LogP contribution < -0.4 is 5.73 Å². The van der Waals surface area contributed by atoms with Crippen LogP contribution in [-0.4, -0.2) is 14.1 Å². The third-order valence-corrected chi connectivity index (χ3v) is 5.32. The molecule has 2 N–H and O–H groups in total. The van der Waals surface area contributed by atoms with E-state index < -0.39 is 8.07 Å². The molecule has 1 rings (SSSR count). The maximum absolute atomic E-state index is 5.69. The molecule has 0 aliphatic heterocycles. The first-order valence-corrected chi connectivity index (χ1v) is 7.33. The fourth-order valence-electron chi connectivity index (χ4n) is 1.37. The molecule has 1 aliphatic rings. The van der Waals surface area contributed by atoms with Crippen LogP contribution >= 0.6 is 0 Å². The van der Waals surface area contributed by atoms with Crippen molar-refractivity contribution in [3.8, 4) is 0 Å². The lowest BCUT2D eigenvalue weighted by Gasteiger charge is -2.40. The molecule has 1 aliphatic carbocycles. The van der Waals surface area contributed by atoms with Gasteiger partial charge < -0.3 is 5.73 Å². The van der Waals surface area contributed by atoms with E-state index in [-0.39, 0.29) is 0 Å². The summed E-state index contributed by atoms with van der Waals surface area (Å²) in [5, 5.41) is 0. The minimum atomic E-state index is -0.796. The maximum Gasteiger partial charge on any atom is 0.0474 e. The molecule has 54 valence electrons. The summed E-state index contributed by atoms with van der Waals surface area (Å²) in [6.45, 7) is 7.30. The van der Waals surface area contributed by atoms with Gasteiger partial charge in [-0.15, -0.1) is 0 Å². The van der Waals surface area contributed by atoms with Gasteiger partial charge in [-0.05, 0) is 18.4 Å². The Bertz CT molecular complexity index is 100.0. The van der Waals surface area contributed by atoms with Gasteiger partial charge in [-0.25, -0.2) is 0 Å². The molecule has 0 heterocycles. The molecule has 1 saturated carbocycles.